The summed E-state index contributed by atoms with van der Waals surface area (Å²) in [6.07, 6.45) is 6.82. The number of ether oxygens (including phenoxy) is 1. The third-order valence-corrected chi connectivity index (χ3v) is 11.8. The Morgan fingerprint density at radius 3 is 2.18 bits per heavy atom. The summed E-state index contributed by atoms with van der Waals surface area (Å²) < 4.78 is 6.79. The van der Waals surface area contributed by atoms with Crippen LogP contribution in [0.15, 0.2) is 60.5 Å². The van der Waals surface area contributed by atoms with Crippen molar-refractivity contribution >= 4 is 40.6 Å². The molecule has 1 N–H and O–H groups in total. The van der Waals surface area contributed by atoms with Crippen molar-refractivity contribution in [2.24, 2.45) is 11.8 Å². The van der Waals surface area contributed by atoms with Crippen molar-refractivity contribution in [3.63, 3.8) is 0 Å². The van der Waals surface area contributed by atoms with Crippen LogP contribution in [0.2, 0.25) is 17.3 Å². The summed E-state index contributed by atoms with van der Waals surface area (Å²) in [5.41, 5.74) is 4.59. The molecule has 1 aromatic heterocycles. The van der Waals surface area contributed by atoms with Crippen LogP contribution in [0.3, 0.4) is 0 Å². The van der Waals surface area contributed by atoms with Gasteiger partial charge in [0.25, 0.3) is 0 Å². The van der Waals surface area contributed by atoms with Crippen molar-refractivity contribution in [1.82, 2.24) is 4.98 Å². The maximum atomic E-state index is 11.7. The Labute approximate surface area is 286 Å². The van der Waals surface area contributed by atoms with Gasteiger partial charge in [0.2, 0.25) is 0 Å². The van der Waals surface area contributed by atoms with Gasteiger partial charge in [0, 0.05) is 38.0 Å². The molecule has 5 rings (SSSR count). The van der Waals surface area contributed by atoms with Gasteiger partial charge in [0.15, 0.2) is 5.78 Å². The zero-order valence-electron chi connectivity index (χ0n) is 28.5. The number of pyridine rings is 1. The number of allylic oxidation sites excluding steroid dienone is 2. The first-order valence-corrected chi connectivity index (χ1v) is 24.2. The number of ketones is 1. The summed E-state index contributed by atoms with van der Waals surface area (Å²) in [4.78, 5) is 16.5. The minimum atomic E-state index is -1.82. The Morgan fingerprint density at radius 1 is 0.933 bits per heavy atom. The third kappa shape index (κ3) is 8.28. The van der Waals surface area contributed by atoms with Gasteiger partial charge in [-0.05, 0) is 25.7 Å². The number of rotatable bonds is 10. The number of aromatic nitrogens is 1. The Kier molecular flexibility index (Phi) is 13.1. The number of nitrogens with zero attached hydrogens (tertiary/aromatic N) is 1. The third-order valence-electron chi connectivity index (χ3n) is 8.74. The number of hydrogen-bond donors (Lipinski definition) is 1. The monoisotopic (exact) mass is 847 g/mol. The van der Waals surface area contributed by atoms with Crippen molar-refractivity contribution in [3.05, 3.63) is 77.7 Å². The molecular weight excluding hydrogens is 795 g/mol. The first kappa shape index (κ1) is 37.0. The maximum Gasteiger partial charge on any atom is 0.162 e. The van der Waals surface area contributed by atoms with E-state index >= 15 is 0 Å². The molecule has 45 heavy (non-hydrogen) atoms. The Bertz CT molecular complexity index is 1660. The molecular formula is C39H50GeIrNO3-. The molecule has 4 nitrogen and oxygen atoms in total. The van der Waals surface area contributed by atoms with Crippen LogP contribution in [0.5, 0.6) is 11.5 Å². The van der Waals surface area contributed by atoms with Gasteiger partial charge in [-0.2, -0.15) is 0 Å². The van der Waals surface area contributed by atoms with E-state index in [9.17, 15) is 9.90 Å². The fraction of sp³-hybridized carbons (Fsp3) is 0.436. The van der Waals surface area contributed by atoms with Gasteiger partial charge in [-0.25, -0.2) is 0 Å². The normalized spacial score (nSPS) is 12.6. The molecule has 1 aliphatic rings. The van der Waals surface area contributed by atoms with E-state index in [-0.39, 0.29) is 43.5 Å². The zero-order valence-corrected chi connectivity index (χ0v) is 33.0. The number of fused-ring (bicyclic) bond motifs is 3. The summed E-state index contributed by atoms with van der Waals surface area (Å²) in [6, 6.07) is 18.7. The van der Waals surface area contributed by atoms with Gasteiger partial charge in [0.05, 0.1) is 5.76 Å². The van der Waals surface area contributed by atoms with Crippen LogP contribution in [0.25, 0.3) is 32.8 Å². The van der Waals surface area contributed by atoms with Gasteiger partial charge in [-0.1, -0.05) is 27.7 Å². The minimum absolute atomic E-state index is 0. The molecule has 0 aliphatic carbocycles. The molecule has 6 heteroatoms. The van der Waals surface area contributed by atoms with Crippen molar-refractivity contribution in [1.29, 1.82) is 0 Å². The first-order valence-electron chi connectivity index (χ1n) is 16.4. The molecule has 1 aliphatic heterocycles. The van der Waals surface area contributed by atoms with E-state index in [4.69, 9.17) is 9.72 Å². The standard InChI is InChI=1S/C26H26GeNO.C13H24O2.Ir/c1-16(2)22-20-9-7-6-8-18(20)14-21-24-23-17(12-13-28-24)10-11-19(15-27(3,4)5)25(23)29-26(21)22;1-5-10(6-2)12(14)9-13(15)11(7-3)8-4;/h6-13,16H,15H2,1-5H3;9-11,14H,5-8H2,1-4H3;/q-1;;/b;12-9-;. The second kappa shape index (κ2) is 15.9. The number of carbonyl (C=O) groups excluding carboxylic acids is 1. The molecule has 0 spiro atoms. The largest absolute Gasteiger partial charge is 0.512 e. The smallest absolute Gasteiger partial charge is 0.162 e. The van der Waals surface area contributed by atoms with Crippen molar-refractivity contribution in [2.45, 2.75) is 95.7 Å². The van der Waals surface area contributed by atoms with Crippen LogP contribution in [0, 0.1) is 17.9 Å². The van der Waals surface area contributed by atoms with Gasteiger partial charge < -0.3 is 5.11 Å². The predicted octanol–water partition coefficient (Wildman–Crippen LogP) is 11.4. The number of hydrogen-bond acceptors (Lipinski definition) is 4. The average molecular weight is 846 g/mol. The molecule has 243 valence electrons. The van der Waals surface area contributed by atoms with Gasteiger partial charge in [-0.3, -0.25) is 4.79 Å². The van der Waals surface area contributed by atoms with Crippen LogP contribution in [-0.4, -0.2) is 29.1 Å². The van der Waals surface area contributed by atoms with Crippen LogP contribution in [0.4, 0.5) is 0 Å². The molecule has 0 amide bonds. The maximum absolute atomic E-state index is 11.7. The van der Waals surface area contributed by atoms with Crippen molar-refractivity contribution < 1.29 is 34.7 Å². The van der Waals surface area contributed by atoms with Crippen LogP contribution in [-0.2, 0) is 30.2 Å². The molecule has 4 aromatic rings. The molecule has 3 aromatic carbocycles. The topological polar surface area (TPSA) is 59.4 Å². The second-order valence-corrected chi connectivity index (χ2v) is 25.1. The van der Waals surface area contributed by atoms with E-state index in [1.165, 1.54) is 28.0 Å². The Morgan fingerprint density at radius 2 is 1.58 bits per heavy atom. The quantitative estimate of drug-likeness (QED) is 0.0658. The summed E-state index contributed by atoms with van der Waals surface area (Å²) in [5.74, 6) is 10.2. The second-order valence-electron chi connectivity index (χ2n) is 13.6. The van der Waals surface area contributed by atoms with E-state index in [1.807, 2.05) is 33.9 Å². The van der Waals surface area contributed by atoms with Gasteiger partial charge >= 0.3 is 175 Å². The molecule has 0 fully saturated rings. The van der Waals surface area contributed by atoms with Gasteiger partial charge in [0.1, 0.15) is 0 Å². The van der Waals surface area contributed by atoms with Crippen LogP contribution < -0.4 is 4.74 Å². The zero-order chi connectivity index (χ0) is 32.2. The van der Waals surface area contributed by atoms with E-state index < -0.39 is 13.3 Å². The number of aliphatic hydroxyl groups is 1. The molecule has 0 saturated carbocycles. The summed E-state index contributed by atoms with van der Waals surface area (Å²) in [5, 5.41) is 15.6. The number of aliphatic hydroxyl groups excluding tert-OH is 1. The molecule has 0 bridgehead atoms. The summed E-state index contributed by atoms with van der Waals surface area (Å²) in [7, 11) is 0. The average Bonchev–Trinajstić information content (AvgIpc) is 2.98. The Balaban J connectivity index is 0.000000297. The van der Waals surface area contributed by atoms with Crippen molar-refractivity contribution in [3.8, 4) is 22.8 Å². The van der Waals surface area contributed by atoms with E-state index in [2.05, 4.69) is 79.6 Å². The first-order chi connectivity index (χ1) is 20.9. The molecule has 0 atom stereocenters. The summed E-state index contributed by atoms with van der Waals surface area (Å²) in [6.45, 7) is 12.6. The molecule has 2 heterocycles. The SMILES string of the molecule is CC(C)c1c2c([c-]c3ccccc13)-c1nccc3ccc([CH2][Ge]([CH3])([CH3])[CH3])c(c13)O2.CCC(CC)C(=O)/C=C(\O)C(CC)CC.[Ir]. The Hall–Kier alpha value is -2.47. The van der Waals surface area contributed by atoms with Crippen LogP contribution in [0.1, 0.15) is 84.3 Å². The number of benzene rings is 3. The van der Waals surface area contributed by atoms with Gasteiger partial charge in [-0.15, -0.1) is 0 Å². The molecule has 1 radical (unpaired) electrons. The summed E-state index contributed by atoms with van der Waals surface area (Å²) >= 11 is -1.82. The number of carbonyl (C=O) groups is 1. The van der Waals surface area contributed by atoms with E-state index in [0.29, 0.717) is 5.92 Å². The minimum Gasteiger partial charge on any atom is -0.512 e. The fourth-order valence-corrected chi connectivity index (χ4v) is 9.28. The fourth-order valence-electron chi connectivity index (χ4n) is 6.30. The van der Waals surface area contributed by atoms with Crippen molar-refractivity contribution in [2.75, 3.05) is 0 Å². The van der Waals surface area contributed by atoms with E-state index in [1.54, 1.807) is 0 Å². The van der Waals surface area contributed by atoms with E-state index in [0.717, 1.165) is 64.5 Å². The predicted molar refractivity (Wildman–Crippen MR) is 189 cm³/mol. The molecule has 0 unspecified atom stereocenters. The van der Waals surface area contributed by atoms with Crippen LogP contribution >= 0.6 is 0 Å². The molecule has 0 saturated heterocycles.